The number of benzene rings is 2. The molecule has 3 heteroatoms. The van der Waals surface area contributed by atoms with E-state index in [-0.39, 0.29) is 5.56 Å². The number of aryl methyl sites for hydroxylation is 1. The van der Waals surface area contributed by atoms with Crippen LogP contribution in [0.4, 0.5) is 4.39 Å². The fourth-order valence-corrected chi connectivity index (χ4v) is 1.61. The zero-order valence-corrected chi connectivity index (χ0v) is 9.98. The Kier molecular flexibility index (Phi) is 3.59. The molecule has 0 aromatic heterocycles. The van der Waals surface area contributed by atoms with E-state index in [1.165, 1.54) is 12.1 Å². The van der Waals surface area contributed by atoms with Crippen molar-refractivity contribution in [3.05, 3.63) is 65.0 Å². The number of nitrogens with zero attached hydrogens (tertiary/aromatic N) is 1. The van der Waals surface area contributed by atoms with Crippen LogP contribution >= 0.6 is 0 Å². The highest BCUT2D eigenvalue weighted by molar-refractivity contribution is 5.36. The molecule has 0 amide bonds. The van der Waals surface area contributed by atoms with Gasteiger partial charge in [0, 0.05) is 6.07 Å². The number of hydrogen-bond acceptors (Lipinski definition) is 2. The van der Waals surface area contributed by atoms with Gasteiger partial charge in [-0.05, 0) is 30.2 Å². The summed E-state index contributed by atoms with van der Waals surface area (Å²) >= 11 is 0. The predicted octanol–water partition coefficient (Wildman–Crippen LogP) is 3.58. The van der Waals surface area contributed by atoms with Gasteiger partial charge in [0.2, 0.25) is 0 Å². The lowest BCUT2D eigenvalue weighted by Crippen LogP contribution is -1.98. The van der Waals surface area contributed by atoms with Crippen molar-refractivity contribution in [3.8, 4) is 11.8 Å². The zero-order chi connectivity index (χ0) is 13.0. The Morgan fingerprint density at radius 3 is 2.67 bits per heavy atom. The van der Waals surface area contributed by atoms with Crippen LogP contribution in [0.1, 0.15) is 16.7 Å². The predicted molar refractivity (Wildman–Crippen MR) is 66.6 cm³/mol. The molecular weight excluding hydrogens is 229 g/mol. The molecule has 2 nitrogen and oxygen atoms in total. The molecule has 0 atom stereocenters. The zero-order valence-electron chi connectivity index (χ0n) is 9.98. The first-order valence-electron chi connectivity index (χ1n) is 5.57. The molecule has 0 bridgehead atoms. The van der Waals surface area contributed by atoms with E-state index in [9.17, 15) is 4.39 Å². The Morgan fingerprint density at radius 1 is 1.22 bits per heavy atom. The van der Waals surface area contributed by atoms with Gasteiger partial charge in [-0.25, -0.2) is 4.39 Å². The number of nitriles is 1. The normalized spacial score (nSPS) is 9.83. The van der Waals surface area contributed by atoms with E-state index < -0.39 is 5.82 Å². The van der Waals surface area contributed by atoms with Crippen molar-refractivity contribution in [3.63, 3.8) is 0 Å². The number of halogens is 1. The van der Waals surface area contributed by atoms with Gasteiger partial charge in [0.1, 0.15) is 24.2 Å². The van der Waals surface area contributed by atoms with Crippen LogP contribution in [0.5, 0.6) is 5.75 Å². The summed E-state index contributed by atoms with van der Waals surface area (Å²) in [7, 11) is 0. The largest absolute Gasteiger partial charge is 0.489 e. The van der Waals surface area contributed by atoms with Gasteiger partial charge in [-0.3, -0.25) is 0 Å². The lowest BCUT2D eigenvalue weighted by Gasteiger charge is -2.08. The molecule has 0 radical (unpaired) electrons. The second-order valence-electron chi connectivity index (χ2n) is 3.97. The molecule has 0 aliphatic heterocycles. The van der Waals surface area contributed by atoms with E-state index in [0.29, 0.717) is 12.4 Å². The minimum absolute atomic E-state index is 0.0261. The number of ether oxygens (including phenoxy) is 1. The topological polar surface area (TPSA) is 33.0 Å². The summed E-state index contributed by atoms with van der Waals surface area (Å²) in [5.41, 5.74) is 2.21. The second-order valence-corrected chi connectivity index (χ2v) is 3.97. The van der Waals surface area contributed by atoms with Crippen LogP contribution in [0.2, 0.25) is 0 Å². The number of rotatable bonds is 3. The summed E-state index contributed by atoms with van der Waals surface area (Å²) in [5.74, 6) is -0.130. The molecule has 90 valence electrons. The molecule has 0 saturated carbocycles. The summed E-state index contributed by atoms with van der Waals surface area (Å²) in [5, 5.41) is 8.62. The van der Waals surface area contributed by atoms with E-state index in [1.54, 1.807) is 12.1 Å². The Bertz CT molecular complexity index is 602. The highest BCUT2D eigenvalue weighted by Crippen LogP contribution is 2.18. The third-order valence-electron chi connectivity index (χ3n) is 2.72. The fourth-order valence-electron chi connectivity index (χ4n) is 1.61. The first-order valence-corrected chi connectivity index (χ1v) is 5.57. The van der Waals surface area contributed by atoms with Crippen molar-refractivity contribution in [2.45, 2.75) is 13.5 Å². The Morgan fingerprint density at radius 2 is 2.00 bits per heavy atom. The van der Waals surface area contributed by atoms with E-state index >= 15 is 0 Å². The van der Waals surface area contributed by atoms with Crippen LogP contribution in [0.25, 0.3) is 0 Å². The van der Waals surface area contributed by atoms with Crippen molar-refractivity contribution >= 4 is 0 Å². The molecule has 0 fully saturated rings. The van der Waals surface area contributed by atoms with Crippen LogP contribution < -0.4 is 4.74 Å². The van der Waals surface area contributed by atoms with E-state index in [1.807, 2.05) is 31.2 Å². The van der Waals surface area contributed by atoms with Gasteiger partial charge in [0.25, 0.3) is 0 Å². The minimum Gasteiger partial charge on any atom is -0.489 e. The van der Waals surface area contributed by atoms with Gasteiger partial charge in [-0.2, -0.15) is 5.26 Å². The van der Waals surface area contributed by atoms with Gasteiger partial charge in [0.15, 0.2) is 0 Å². The lowest BCUT2D eigenvalue weighted by molar-refractivity contribution is 0.304. The van der Waals surface area contributed by atoms with Crippen molar-refractivity contribution in [2.24, 2.45) is 0 Å². The quantitative estimate of drug-likeness (QED) is 0.822. The van der Waals surface area contributed by atoms with Gasteiger partial charge in [-0.1, -0.05) is 24.3 Å². The van der Waals surface area contributed by atoms with Crippen LogP contribution in [-0.4, -0.2) is 0 Å². The standard InChI is InChI=1S/C15H12FNO/c1-11-4-2-3-5-13(11)10-18-14-7-6-12(9-17)15(16)8-14/h2-8H,10H2,1H3. The molecule has 2 rings (SSSR count). The van der Waals surface area contributed by atoms with E-state index in [0.717, 1.165) is 11.1 Å². The van der Waals surface area contributed by atoms with Crippen LogP contribution in [0.15, 0.2) is 42.5 Å². The van der Waals surface area contributed by atoms with Gasteiger partial charge in [0.05, 0.1) is 5.56 Å². The van der Waals surface area contributed by atoms with Crippen molar-refractivity contribution in [2.75, 3.05) is 0 Å². The van der Waals surface area contributed by atoms with Crippen LogP contribution in [0.3, 0.4) is 0 Å². The molecule has 0 spiro atoms. The Balaban J connectivity index is 2.10. The molecule has 0 heterocycles. The molecular formula is C15H12FNO. The SMILES string of the molecule is Cc1ccccc1COc1ccc(C#N)c(F)c1. The Hall–Kier alpha value is -2.34. The molecule has 2 aromatic carbocycles. The smallest absolute Gasteiger partial charge is 0.144 e. The van der Waals surface area contributed by atoms with Gasteiger partial charge in [-0.15, -0.1) is 0 Å². The maximum Gasteiger partial charge on any atom is 0.144 e. The average Bonchev–Trinajstić information content (AvgIpc) is 2.38. The molecule has 0 aliphatic carbocycles. The fraction of sp³-hybridized carbons (Fsp3) is 0.133. The molecule has 18 heavy (non-hydrogen) atoms. The van der Waals surface area contributed by atoms with E-state index in [2.05, 4.69) is 0 Å². The highest BCUT2D eigenvalue weighted by Gasteiger charge is 2.04. The second kappa shape index (κ2) is 5.33. The third kappa shape index (κ3) is 2.67. The monoisotopic (exact) mass is 241 g/mol. The van der Waals surface area contributed by atoms with Gasteiger partial charge < -0.3 is 4.74 Å². The summed E-state index contributed by atoms with van der Waals surface area (Å²) in [6.07, 6.45) is 0. The third-order valence-corrected chi connectivity index (χ3v) is 2.72. The molecule has 0 N–H and O–H groups in total. The summed E-state index contributed by atoms with van der Waals surface area (Å²) < 4.78 is 18.9. The molecule has 0 aliphatic rings. The molecule has 0 unspecified atom stereocenters. The van der Waals surface area contributed by atoms with Crippen molar-refractivity contribution in [1.29, 1.82) is 5.26 Å². The minimum atomic E-state index is -0.556. The molecule has 0 saturated heterocycles. The maximum absolute atomic E-state index is 13.4. The Labute approximate surface area is 105 Å². The summed E-state index contributed by atoms with van der Waals surface area (Å²) in [4.78, 5) is 0. The first-order chi connectivity index (χ1) is 8.70. The van der Waals surface area contributed by atoms with Crippen LogP contribution in [-0.2, 0) is 6.61 Å². The van der Waals surface area contributed by atoms with Crippen molar-refractivity contribution < 1.29 is 9.13 Å². The maximum atomic E-state index is 13.4. The van der Waals surface area contributed by atoms with Gasteiger partial charge >= 0.3 is 0 Å². The first kappa shape index (κ1) is 12.1. The summed E-state index contributed by atoms with van der Waals surface area (Å²) in [6.45, 7) is 2.38. The summed E-state index contributed by atoms with van der Waals surface area (Å²) in [6, 6.07) is 13.9. The van der Waals surface area contributed by atoms with Crippen molar-refractivity contribution in [1.82, 2.24) is 0 Å². The van der Waals surface area contributed by atoms with Crippen LogP contribution in [0, 0.1) is 24.1 Å². The average molecular weight is 241 g/mol. The van der Waals surface area contributed by atoms with E-state index in [4.69, 9.17) is 10.00 Å². The lowest BCUT2D eigenvalue weighted by atomic mass is 10.1. The number of hydrogen-bond donors (Lipinski definition) is 0. The highest BCUT2D eigenvalue weighted by atomic mass is 19.1. The molecule has 2 aromatic rings.